The molecule has 0 unspecified atom stereocenters. The van der Waals surface area contributed by atoms with Gasteiger partial charge in [-0.25, -0.2) is 0 Å². The summed E-state index contributed by atoms with van der Waals surface area (Å²) in [6, 6.07) is 49.9. The Morgan fingerprint density at radius 1 is 0.364 bits per heavy atom. The zero-order chi connectivity index (χ0) is 29.6. The van der Waals surface area contributed by atoms with E-state index in [1.165, 1.54) is 92.1 Å². The molecule has 0 radical (unpaired) electrons. The molecule has 1 aliphatic carbocycles. The monoisotopic (exact) mass is 608 g/mol. The molecule has 0 N–H and O–H groups in total. The van der Waals surface area contributed by atoms with Gasteiger partial charge in [-0.15, -0.1) is 23.5 Å². The third-order valence-corrected chi connectivity index (χ3v) is 11.7. The zero-order valence-corrected chi connectivity index (χ0v) is 27.0. The maximum atomic E-state index is 2.52. The first-order valence-corrected chi connectivity index (χ1v) is 18.3. The van der Waals surface area contributed by atoms with E-state index >= 15 is 0 Å². The van der Waals surface area contributed by atoms with Gasteiger partial charge in [-0.1, -0.05) is 109 Å². The third kappa shape index (κ3) is 6.63. The number of unbranched alkanes of at least 4 members (excludes halogenated alkanes) is 2. The average molecular weight is 609 g/mol. The van der Waals surface area contributed by atoms with E-state index in [4.69, 9.17) is 0 Å². The van der Waals surface area contributed by atoms with Gasteiger partial charge in [0.1, 0.15) is 0 Å². The Morgan fingerprint density at radius 3 is 1.02 bits per heavy atom. The molecule has 0 spiro atoms. The van der Waals surface area contributed by atoms with Crippen LogP contribution < -0.4 is 0 Å². The van der Waals surface area contributed by atoms with Gasteiger partial charge in [0.05, 0.1) is 10.5 Å². The van der Waals surface area contributed by atoms with Crippen LogP contribution in [0, 0.1) is 0 Å². The minimum atomic E-state index is 0.362. The summed E-state index contributed by atoms with van der Waals surface area (Å²) in [5.41, 5.74) is 9.02. The first kappa shape index (κ1) is 29.3. The first-order valence-electron chi connectivity index (χ1n) is 16.2. The maximum absolute atomic E-state index is 2.52. The number of hydrogen-bond donors (Lipinski definition) is 0. The van der Waals surface area contributed by atoms with Gasteiger partial charge < -0.3 is 0 Å². The molecule has 7 rings (SSSR count). The normalized spacial score (nSPS) is 15.7. The second kappa shape index (κ2) is 14.1. The van der Waals surface area contributed by atoms with Crippen molar-refractivity contribution >= 4 is 45.1 Å². The van der Waals surface area contributed by atoms with Crippen LogP contribution in [0.15, 0.2) is 133 Å². The summed E-state index contributed by atoms with van der Waals surface area (Å²) in [7, 11) is 0. The molecule has 0 aromatic heterocycles. The summed E-state index contributed by atoms with van der Waals surface area (Å²) >= 11 is 4.31. The highest BCUT2D eigenvalue weighted by molar-refractivity contribution is 8.00. The number of aryl methyl sites for hydroxylation is 2. The Balaban J connectivity index is 1.17. The number of rotatable bonds is 12. The summed E-state index contributed by atoms with van der Waals surface area (Å²) in [6.45, 7) is 0. The van der Waals surface area contributed by atoms with Gasteiger partial charge in [0.25, 0.3) is 0 Å². The standard InChI is InChI=1S/C42H40S2/c1-3-15-31(16-4-1)19-11-13-25-43-41-37-27-33-21-7-9-23-35(33)29-39(37)42(44-26-14-12-20-32-17-5-2-6-18-32)40-30-36-24-10-8-22-34(36)28-38(40)41/h1-10,15-18,21-24,27-30,41-42H,11-14,19-20,25-26H2/t41-,42-. The van der Waals surface area contributed by atoms with Crippen LogP contribution >= 0.6 is 23.5 Å². The molecule has 0 heterocycles. The summed E-state index contributed by atoms with van der Waals surface area (Å²) < 4.78 is 0. The van der Waals surface area contributed by atoms with Crippen molar-refractivity contribution in [1.29, 1.82) is 0 Å². The zero-order valence-electron chi connectivity index (χ0n) is 25.3. The molecule has 0 amide bonds. The fraction of sp³-hybridized carbons (Fsp3) is 0.238. The molecule has 0 bridgehead atoms. The van der Waals surface area contributed by atoms with Gasteiger partial charge in [0, 0.05) is 0 Å². The van der Waals surface area contributed by atoms with Crippen molar-refractivity contribution < 1.29 is 0 Å². The molecule has 6 aromatic carbocycles. The molecule has 1 aliphatic rings. The lowest BCUT2D eigenvalue weighted by Gasteiger charge is -2.35. The number of fused-ring (bicyclic) bond motifs is 4. The predicted molar refractivity (Wildman–Crippen MR) is 195 cm³/mol. The minimum absolute atomic E-state index is 0.362. The molecular weight excluding hydrogens is 569 g/mol. The summed E-state index contributed by atoms with van der Waals surface area (Å²) in [5, 5.41) is 6.16. The van der Waals surface area contributed by atoms with Crippen molar-refractivity contribution in [2.24, 2.45) is 0 Å². The Labute approximate surface area is 271 Å². The smallest absolute Gasteiger partial charge is 0.0553 e. The van der Waals surface area contributed by atoms with Crippen LogP contribution in [0.4, 0.5) is 0 Å². The van der Waals surface area contributed by atoms with E-state index in [1.807, 2.05) is 0 Å². The molecule has 220 valence electrons. The van der Waals surface area contributed by atoms with E-state index in [0.29, 0.717) is 10.5 Å². The Morgan fingerprint density at radius 2 is 0.682 bits per heavy atom. The lowest BCUT2D eigenvalue weighted by molar-refractivity contribution is 0.799. The lowest BCUT2D eigenvalue weighted by atomic mass is 9.82. The van der Waals surface area contributed by atoms with Gasteiger partial charge in [0.15, 0.2) is 0 Å². The molecule has 0 atom stereocenters. The van der Waals surface area contributed by atoms with Crippen molar-refractivity contribution in [3.8, 4) is 0 Å². The van der Waals surface area contributed by atoms with Crippen LogP contribution in [-0.4, -0.2) is 11.5 Å². The fourth-order valence-electron chi connectivity index (χ4n) is 6.71. The third-order valence-electron chi connectivity index (χ3n) is 9.01. The summed E-state index contributed by atoms with van der Waals surface area (Å²) in [6.07, 6.45) is 7.28. The minimum Gasteiger partial charge on any atom is -0.149 e. The van der Waals surface area contributed by atoms with Crippen molar-refractivity contribution in [3.05, 3.63) is 167 Å². The first-order chi connectivity index (χ1) is 21.8. The van der Waals surface area contributed by atoms with Gasteiger partial charge in [0.2, 0.25) is 0 Å². The van der Waals surface area contributed by atoms with Gasteiger partial charge in [-0.3, -0.25) is 0 Å². The van der Waals surface area contributed by atoms with E-state index in [9.17, 15) is 0 Å². The highest BCUT2D eigenvalue weighted by atomic mass is 32.2. The van der Waals surface area contributed by atoms with Crippen molar-refractivity contribution in [1.82, 2.24) is 0 Å². The largest absolute Gasteiger partial charge is 0.149 e. The van der Waals surface area contributed by atoms with E-state index in [2.05, 4.69) is 157 Å². The molecular formula is C42H40S2. The summed E-state index contributed by atoms with van der Waals surface area (Å²) in [4.78, 5) is 0. The number of thioether (sulfide) groups is 2. The second-order valence-corrected chi connectivity index (χ2v) is 14.5. The Hall–Kier alpha value is -3.46. The van der Waals surface area contributed by atoms with Gasteiger partial charge in [-0.2, -0.15) is 0 Å². The van der Waals surface area contributed by atoms with Crippen LogP contribution in [0.5, 0.6) is 0 Å². The Kier molecular flexibility index (Phi) is 9.38. The number of benzene rings is 6. The lowest BCUT2D eigenvalue weighted by Crippen LogP contribution is -2.16. The van der Waals surface area contributed by atoms with E-state index in [1.54, 1.807) is 0 Å². The van der Waals surface area contributed by atoms with Crippen molar-refractivity contribution in [2.75, 3.05) is 11.5 Å². The molecule has 6 aromatic rings. The molecule has 44 heavy (non-hydrogen) atoms. The van der Waals surface area contributed by atoms with E-state index < -0.39 is 0 Å². The quantitative estimate of drug-likeness (QED) is 0.127. The molecule has 0 aliphatic heterocycles. The molecule has 0 fully saturated rings. The van der Waals surface area contributed by atoms with Crippen LogP contribution in [0.3, 0.4) is 0 Å². The van der Waals surface area contributed by atoms with Crippen LogP contribution in [0.2, 0.25) is 0 Å². The molecule has 0 saturated carbocycles. The van der Waals surface area contributed by atoms with Crippen LogP contribution in [0.1, 0.15) is 69.6 Å². The fourth-order valence-corrected chi connectivity index (χ4v) is 9.46. The molecule has 2 heteroatoms. The van der Waals surface area contributed by atoms with Crippen LogP contribution in [-0.2, 0) is 12.8 Å². The van der Waals surface area contributed by atoms with Gasteiger partial charge in [-0.05, 0) is 129 Å². The second-order valence-electron chi connectivity index (χ2n) is 12.0. The van der Waals surface area contributed by atoms with E-state index in [-0.39, 0.29) is 0 Å². The summed E-state index contributed by atoms with van der Waals surface area (Å²) in [5.74, 6) is 2.35. The van der Waals surface area contributed by atoms with Gasteiger partial charge >= 0.3 is 0 Å². The Bertz CT molecular complexity index is 1600. The van der Waals surface area contributed by atoms with Crippen molar-refractivity contribution in [2.45, 2.75) is 49.0 Å². The molecule has 0 nitrogen and oxygen atoms in total. The van der Waals surface area contributed by atoms with Crippen LogP contribution in [0.25, 0.3) is 21.5 Å². The highest BCUT2D eigenvalue weighted by Crippen LogP contribution is 2.54. The highest BCUT2D eigenvalue weighted by Gasteiger charge is 2.33. The van der Waals surface area contributed by atoms with Crippen molar-refractivity contribution in [3.63, 3.8) is 0 Å². The molecule has 0 saturated heterocycles. The SMILES string of the molecule is c1ccc(CCCCS[C@H]2c3cc4ccccc4cc3[C@H](SCCCCc3ccccc3)c3cc4ccccc4cc32)cc1. The average Bonchev–Trinajstić information content (AvgIpc) is 3.08. The predicted octanol–water partition coefficient (Wildman–Crippen LogP) is 12.0. The van der Waals surface area contributed by atoms with E-state index in [0.717, 1.165) is 12.8 Å². The topological polar surface area (TPSA) is 0 Å². The number of hydrogen-bond acceptors (Lipinski definition) is 2. The maximum Gasteiger partial charge on any atom is 0.0553 e.